The van der Waals surface area contributed by atoms with Crippen LogP contribution in [0.25, 0.3) is 0 Å². The maximum atomic E-state index is 6.11. The lowest BCUT2D eigenvalue weighted by molar-refractivity contribution is -0.0403. The Hall–Kier alpha value is -0.840. The molecule has 1 aliphatic heterocycles. The fourth-order valence-electron chi connectivity index (χ4n) is 2.03. The van der Waals surface area contributed by atoms with Crippen LogP contribution < -0.4 is 5.73 Å². The molecule has 4 heteroatoms. The van der Waals surface area contributed by atoms with Gasteiger partial charge < -0.3 is 19.6 Å². The molecule has 0 bridgehead atoms. The first-order valence-corrected chi connectivity index (χ1v) is 6.25. The van der Waals surface area contributed by atoms with Gasteiger partial charge in [0.1, 0.15) is 17.6 Å². The second kappa shape index (κ2) is 5.67. The van der Waals surface area contributed by atoms with Crippen molar-refractivity contribution in [2.24, 2.45) is 5.73 Å². The quantitative estimate of drug-likeness (QED) is 0.855. The summed E-state index contributed by atoms with van der Waals surface area (Å²) in [4.78, 5) is 0. The third-order valence-corrected chi connectivity index (χ3v) is 3.13. The van der Waals surface area contributed by atoms with Crippen molar-refractivity contribution in [3.05, 3.63) is 23.7 Å². The first-order chi connectivity index (χ1) is 8.20. The SMILES string of the molecule is CCC(N)C(OC1CCOC1)c1ccc(C)o1. The molecular weight excluding hydrogens is 218 g/mol. The highest BCUT2D eigenvalue weighted by molar-refractivity contribution is 5.10. The first-order valence-electron chi connectivity index (χ1n) is 6.25. The Balaban J connectivity index is 2.07. The molecule has 1 aliphatic rings. The Morgan fingerprint density at radius 3 is 2.88 bits per heavy atom. The van der Waals surface area contributed by atoms with Crippen molar-refractivity contribution in [1.82, 2.24) is 0 Å². The predicted octanol–water partition coefficient (Wildman–Crippen LogP) is 2.17. The molecule has 0 aromatic carbocycles. The van der Waals surface area contributed by atoms with Gasteiger partial charge in [-0.25, -0.2) is 0 Å². The second-order valence-electron chi connectivity index (χ2n) is 4.56. The summed E-state index contributed by atoms with van der Waals surface area (Å²) in [5.41, 5.74) is 6.11. The van der Waals surface area contributed by atoms with Crippen molar-refractivity contribution in [3.63, 3.8) is 0 Å². The number of nitrogens with two attached hydrogens (primary N) is 1. The van der Waals surface area contributed by atoms with Gasteiger partial charge in [0, 0.05) is 12.6 Å². The third kappa shape index (κ3) is 3.09. The van der Waals surface area contributed by atoms with Gasteiger partial charge in [-0.2, -0.15) is 0 Å². The molecule has 3 atom stereocenters. The zero-order valence-corrected chi connectivity index (χ0v) is 10.5. The van der Waals surface area contributed by atoms with Crippen LogP contribution in [0, 0.1) is 6.92 Å². The number of hydrogen-bond acceptors (Lipinski definition) is 4. The molecule has 1 fully saturated rings. The van der Waals surface area contributed by atoms with Crippen molar-refractivity contribution >= 4 is 0 Å². The van der Waals surface area contributed by atoms with E-state index in [-0.39, 0.29) is 18.2 Å². The molecule has 0 aliphatic carbocycles. The standard InChI is InChI=1S/C13H21NO3/c1-3-11(14)13(12-5-4-9(2)16-12)17-10-6-7-15-8-10/h4-5,10-11,13H,3,6-8,14H2,1-2H3. The minimum absolute atomic E-state index is 0.0406. The summed E-state index contributed by atoms with van der Waals surface area (Å²) in [7, 11) is 0. The van der Waals surface area contributed by atoms with E-state index < -0.39 is 0 Å². The van der Waals surface area contributed by atoms with Crippen molar-refractivity contribution < 1.29 is 13.9 Å². The number of rotatable bonds is 5. The van der Waals surface area contributed by atoms with E-state index >= 15 is 0 Å². The predicted molar refractivity (Wildman–Crippen MR) is 64.8 cm³/mol. The van der Waals surface area contributed by atoms with Crippen LogP contribution in [0.3, 0.4) is 0 Å². The molecule has 4 nitrogen and oxygen atoms in total. The third-order valence-electron chi connectivity index (χ3n) is 3.13. The van der Waals surface area contributed by atoms with Crippen LogP contribution in [-0.2, 0) is 9.47 Å². The molecule has 96 valence electrons. The molecule has 1 aromatic rings. The topological polar surface area (TPSA) is 57.6 Å². The summed E-state index contributed by atoms with van der Waals surface area (Å²) < 4.78 is 17.0. The molecule has 0 radical (unpaired) electrons. The maximum Gasteiger partial charge on any atom is 0.134 e. The van der Waals surface area contributed by atoms with Gasteiger partial charge in [-0.15, -0.1) is 0 Å². The average molecular weight is 239 g/mol. The minimum Gasteiger partial charge on any atom is -0.464 e. The molecule has 1 aromatic heterocycles. The number of furan rings is 1. The molecule has 3 unspecified atom stereocenters. The van der Waals surface area contributed by atoms with E-state index in [0.29, 0.717) is 6.61 Å². The lowest BCUT2D eigenvalue weighted by atomic mass is 10.1. The van der Waals surface area contributed by atoms with Crippen molar-refractivity contribution in [2.75, 3.05) is 13.2 Å². The lowest BCUT2D eigenvalue weighted by Gasteiger charge is -2.24. The Labute approximate surface area is 102 Å². The van der Waals surface area contributed by atoms with Gasteiger partial charge in [0.25, 0.3) is 0 Å². The number of aryl methyl sites for hydroxylation is 1. The fourth-order valence-corrected chi connectivity index (χ4v) is 2.03. The molecule has 2 heterocycles. The zero-order valence-electron chi connectivity index (χ0n) is 10.5. The highest BCUT2D eigenvalue weighted by Gasteiger charge is 2.28. The minimum atomic E-state index is -0.166. The van der Waals surface area contributed by atoms with E-state index in [1.54, 1.807) is 0 Å². The molecule has 2 rings (SSSR count). The van der Waals surface area contributed by atoms with Crippen LogP contribution in [0.1, 0.15) is 37.4 Å². The molecule has 0 saturated carbocycles. The highest BCUT2D eigenvalue weighted by atomic mass is 16.6. The molecule has 0 spiro atoms. The molecule has 1 saturated heterocycles. The summed E-state index contributed by atoms with van der Waals surface area (Å²) in [6.07, 6.45) is 1.77. The normalized spacial score (nSPS) is 23.8. The largest absolute Gasteiger partial charge is 0.464 e. The summed E-state index contributed by atoms with van der Waals surface area (Å²) in [5.74, 6) is 1.71. The van der Waals surface area contributed by atoms with Gasteiger partial charge in [0.2, 0.25) is 0 Å². The summed E-state index contributed by atoms with van der Waals surface area (Å²) in [6, 6.07) is 3.85. The monoisotopic (exact) mass is 239 g/mol. The van der Waals surface area contributed by atoms with Gasteiger partial charge in [0.05, 0.1) is 12.7 Å². The Kier molecular flexibility index (Phi) is 4.20. The van der Waals surface area contributed by atoms with Crippen LogP contribution >= 0.6 is 0 Å². The van der Waals surface area contributed by atoms with E-state index in [4.69, 9.17) is 19.6 Å². The van der Waals surface area contributed by atoms with Crippen molar-refractivity contribution in [1.29, 1.82) is 0 Å². The van der Waals surface area contributed by atoms with Crippen LogP contribution in [0.4, 0.5) is 0 Å². The smallest absolute Gasteiger partial charge is 0.134 e. The van der Waals surface area contributed by atoms with Gasteiger partial charge >= 0.3 is 0 Å². The summed E-state index contributed by atoms with van der Waals surface area (Å²) in [6.45, 7) is 5.42. The van der Waals surface area contributed by atoms with Gasteiger partial charge in [-0.1, -0.05) is 6.92 Å². The summed E-state index contributed by atoms with van der Waals surface area (Å²) >= 11 is 0. The fraction of sp³-hybridized carbons (Fsp3) is 0.692. The van der Waals surface area contributed by atoms with Crippen LogP contribution in [0.5, 0.6) is 0 Å². The maximum absolute atomic E-state index is 6.11. The van der Waals surface area contributed by atoms with Gasteiger partial charge in [-0.3, -0.25) is 0 Å². The van der Waals surface area contributed by atoms with E-state index in [9.17, 15) is 0 Å². The van der Waals surface area contributed by atoms with Crippen LogP contribution in [0.2, 0.25) is 0 Å². The van der Waals surface area contributed by atoms with Crippen LogP contribution in [-0.4, -0.2) is 25.4 Å². The Morgan fingerprint density at radius 1 is 1.53 bits per heavy atom. The van der Waals surface area contributed by atoms with E-state index in [1.165, 1.54) is 0 Å². The first kappa shape index (κ1) is 12.6. The highest BCUT2D eigenvalue weighted by Crippen LogP contribution is 2.27. The van der Waals surface area contributed by atoms with Crippen LogP contribution in [0.15, 0.2) is 16.5 Å². The average Bonchev–Trinajstić information content (AvgIpc) is 2.96. The van der Waals surface area contributed by atoms with Gasteiger partial charge in [0.15, 0.2) is 0 Å². The van der Waals surface area contributed by atoms with Crippen molar-refractivity contribution in [2.45, 2.75) is 44.9 Å². The molecule has 2 N–H and O–H groups in total. The summed E-state index contributed by atoms with van der Waals surface area (Å²) in [5, 5.41) is 0. The Morgan fingerprint density at radius 2 is 2.35 bits per heavy atom. The number of ether oxygens (including phenoxy) is 2. The lowest BCUT2D eigenvalue weighted by Crippen LogP contribution is -2.32. The molecular formula is C13H21NO3. The van der Waals surface area contributed by atoms with E-state index in [2.05, 4.69) is 6.92 Å². The Bertz CT molecular complexity index is 344. The van der Waals surface area contributed by atoms with E-state index in [0.717, 1.165) is 31.0 Å². The number of hydrogen-bond donors (Lipinski definition) is 1. The van der Waals surface area contributed by atoms with Gasteiger partial charge in [-0.05, 0) is 31.9 Å². The molecule has 0 amide bonds. The second-order valence-corrected chi connectivity index (χ2v) is 4.56. The van der Waals surface area contributed by atoms with Crippen molar-refractivity contribution in [3.8, 4) is 0 Å². The van der Waals surface area contributed by atoms with E-state index in [1.807, 2.05) is 19.1 Å². The molecule has 17 heavy (non-hydrogen) atoms. The zero-order chi connectivity index (χ0) is 12.3.